The minimum absolute atomic E-state index is 0.115. The second-order valence-electron chi connectivity index (χ2n) is 5.00. The van der Waals surface area contributed by atoms with E-state index in [0.29, 0.717) is 11.6 Å². The van der Waals surface area contributed by atoms with Gasteiger partial charge in [-0.25, -0.2) is 9.98 Å². The van der Waals surface area contributed by atoms with E-state index in [1.807, 2.05) is 0 Å². The predicted octanol–water partition coefficient (Wildman–Crippen LogP) is 3.43. The van der Waals surface area contributed by atoms with E-state index in [4.69, 9.17) is 16.3 Å². The molecule has 0 spiro atoms. The molecule has 0 N–H and O–H groups in total. The maximum atomic E-state index is 12.7. The van der Waals surface area contributed by atoms with Gasteiger partial charge in [0.25, 0.3) is 0 Å². The molecule has 1 atom stereocenters. The number of halogens is 4. The van der Waals surface area contributed by atoms with Crippen molar-refractivity contribution >= 4 is 30.1 Å². The number of alkyl halides is 3. The molecule has 1 aliphatic rings. The van der Waals surface area contributed by atoms with E-state index >= 15 is 0 Å². The Morgan fingerprint density at radius 3 is 2.52 bits per heavy atom. The lowest BCUT2D eigenvalue weighted by Crippen LogP contribution is -2.35. The van der Waals surface area contributed by atoms with Crippen LogP contribution in [0.4, 0.5) is 19.1 Å². The zero-order valence-corrected chi connectivity index (χ0v) is 14.0. The Kier molecular flexibility index (Phi) is 4.84. The third-order valence-electron chi connectivity index (χ3n) is 2.89. The monoisotopic (exact) mass is 368 g/mol. The van der Waals surface area contributed by atoms with Crippen LogP contribution in [0.25, 0.3) is 0 Å². The summed E-state index contributed by atoms with van der Waals surface area (Å²) in [7, 11) is -1.26. The first kappa shape index (κ1) is 17.9. The molecular weight excluding hydrogens is 356 g/mol. The second kappa shape index (κ2) is 6.22. The molecule has 0 aromatic carbocycles. The third kappa shape index (κ3) is 3.91. The summed E-state index contributed by atoms with van der Waals surface area (Å²) < 4.78 is 55.2. The van der Waals surface area contributed by atoms with Crippen molar-refractivity contribution in [1.29, 1.82) is 0 Å². The van der Waals surface area contributed by atoms with Gasteiger partial charge in [0.05, 0.1) is 0 Å². The molecule has 1 aromatic heterocycles. The fourth-order valence-corrected chi connectivity index (χ4v) is 2.79. The van der Waals surface area contributed by atoms with Crippen LogP contribution in [0, 0.1) is 0 Å². The SMILES string of the molecule is COC1N=C(P(C)(C)=O)C=CN1c1ncc(C(F)(F)F)c(Cl)n1. The van der Waals surface area contributed by atoms with Crippen LogP contribution in [0.5, 0.6) is 0 Å². The van der Waals surface area contributed by atoms with Crippen molar-refractivity contribution < 1.29 is 22.5 Å². The largest absolute Gasteiger partial charge is 0.420 e. The van der Waals surface area contributed by atoms with Crippen molar-refractivity contribution in [2.75, 3.05) is 25.3 Å². The minimum Gasteiger partial charge on any atom is -0.342 e. The van der Waals surface area contributed by atoms with Gasteiger partial charge in [0.15, 0.2) is 0 Å². The Bertz CT molecular complexity index is 717. The summed E-state index contributed by atoms with van der Waals surface area (Å²) in [6.07, 6.45) is -2.08. The van der Waals surface area contributed by atoms with Crippen LogP contribution in [0.3, 0.4) is 0 Å². The maximum absolute atomic E-state index is 12.7. The van der Waals surface area contributed by atoms with E-state index in [0.717, 1.165) is 0 Å². The molecule has 11 heteroatoms. The average Bonchev–Trinajstić information content (AvgIpc) is 2.44. The van der Waals surface area contributed by atoms with E-state index in [-0.39, 0.29) is 5.95 Å². The Balaban J connectivity index is 2.37. The molecule has 0 saturated heterocycles. The first-order valence-corrected chi connectivity index (χ1v) is 9.24. The molecule has 0 fully saturated rings. The molecule has 0 amide bonds. The van der Waals surface area contributed by atoms with Crippen LogP contribution in [0.2, 0.25) is 5.15 Å². The fourth-order valence-electron chi connectivity index (χ4n) is 1.76. The summed E-state index contributed by atoms with van der Waals surface area (Å²) in [6.45, 7) is 3.09. The first-order valence-electron chi connectivity index (χ1n) is 6.26. The number of ether oxygens (including phenoxy) is 1. The van der Waals surface area contributed by atoms with Crippen molar-refractivity contribution in [3.63, 3.8) is 0 Å². The molecule has 1 aromatic rings. The van der Waals surface area contributed by atoms with Crippen molar-refractivity contribution in [3.8, 4) is 0 Å². The lowest BCUT2D eigenvalue weighted by atomic mass is 10.3. The van der Waals surface area contributed by atoms with Gasteiger partial charge in [-0.05, 0) is 19.4 Å². The molecule has 2 rings (SSSR count). The molecule has 23 heavy (non-hydrogen) atoms. The second-order valence-corrected chi connectivity index (χ2v) is 8.51. The molecule has 2 heterocycles. The van der Waals surface area contributed by atoms with Gasteiger partial charge >= 0.3 is 6.18 Å². The highest BCUT2D eigenvalue weighted by molar-refractivity contribution is 7.80. The van der Waals surface area contributed by atoms with E-state index < -0.39 is 30.4 Å². The van der Waals surface area contributed by atoms with Crippen LogP contribution < -0.4 is 4.90 Å². The van der Waals surface area contributed by atoms with E-state index in [1.165, 1.54) is 24.3 Å². The minimum atomic E-state index is -4.64. The van der Waals surface area contributed by atoms with Gasteiger partial charge in [0.1, 0.15) is 23.3 Å². The molecule has 1 aliphatic heterocycles. The van der Waals surface area contributed by atoms with Crippen LogP contribution in [0.15, 0.2) is 23.5 Å². The molecule has 0 saturated carbocycles. The maximum Gasteiger partial charge on any atom is 0.420 e. The summed E-state index contributed by atoms with van der Waals surface area (Å²) in [5.74, 6) is -0.115. The Hall–Kier alpha value is -1.44. The van der Waals surface area contributed by atoms with Gasteiger partial charge in [0.2, 0.25) is 12.3 Å². The predicted molar refractivity (Wildman–Crippen MR) is 81.3 cm³/mol. The number of anilines is 1. The van der Waals surface area contributed by atoms with Gasteiger partial charge in [-0.15, -0.1) is 0 Å². The lowest BCUT2D eigenvalue weighted by molar-refractivity contribution is -0.137. The first-order chi connectivity index (χ1) is 10.5. The van der Waals surface area contributed by atoms with Crippen LogP contribution in [-0.2, 0) is 15.5 Å². The summed E-state index contributed by atoms with van der Waals surface area (Å²) in [5, 5.41) is -0.725. The normalized spacial score (nSPS) is 19.0. The molecule has 0 radical (unpaired) electrons. The summed E-state index contributed by atoms with van der Waals surface area (Å²) in [4.78, 5) is 12.7. The molecule has 1 unspecified atom stereocenters. The van der Waals surface area contributed by atoms with E-state index in [2.05, 4.69) is 15.0 Å². The van der Waals surface area contributed by atoms with Crippen LogP contribution >= 0.6 is 18.7 Å². The molecule has 0 aliphatic carbocycles. The van der Waals surface area contributed by atoms with Crippen molar-refractivity contribution in [2.24, 2.45) is 4.99 Å². The molecular formula is C12H13ClF3N4O2P. The number of rotatable bonds is 3. The zero-order chi connectivity index (χ0) is 17.4. The highest BCUT2D eigenvalue weighted by Gasteiger charge is 2.35. The van der Waals surface area contributed by atoms with E-state index in [1.54, 1.807) is 13.3 Å². The fraction of sp³-hybridized carbons (Fsp3) is 0.417. The zero-order valence-electron chi connectivity index (χ0n) is 12.4. The molecule has 126 valence electrons. The van der Waals surface area contributed by atoms with Gasteiger partial charge in [-0.1, -0.05) is 11.6 Å². The van der Waals surface area contributed by atoms with Crippen molar-refractivity contribution in [2.45, 2.75) is 12.5 Å². The quantitative estimate of drug-likeness (QED) is 0.604. The standard InChI is InChI=1S/C12H13ClF3N4O2P/c1-22-11-18-8(23(2,3)21)4-5-20(11)10-17-6-7(9(13)19-10)12(14,15)16/h4-6,11H,1-3H3. The Morgan fingerprint density at radius 2 is 2.04 bits per heavy atom. The Labute approximate surface area is 135 Å². The van der Waals surface area contributed by atoms with Crippen molar-refractivity contribution in [1.82, 2.24) is 9.97 Å². The number of methoxy groups -OCH3 is 1. The summed E-state index contributed by atoms with van der Waals surface area (Å²) in [6, 6.07) is 0. The van der Waals surface area contributed by atoms with Gasteiger partial charge in [-0.2, -0.15) is 18.2 Å². The number of nitrogens with zero attached hydrogens (tertiary/aromatic N) is 4. The number of hydrogen-bond donors (Lipinski definition) is 0. The lowest BCUT2D eigenvalue weighted by Gasteiger charge is -2.28. The van der Waals surface area contributed by atoms with Crippen LogP contribution in [0.1, 0.15) is 5.56 Å². The highest BCUT2D eigenvalue weighted by atomic mass is 35.5. The summed E-state index contributed by atoms with van der Waals surface area (Å²) in [5.41, 5.74) is -0.785. The molecule has 0 bridgehead atoms. The number of hydrogen-bond acceptors (Lipinski definition) is 6. The number of allylic oxidation sites excluding steroid dienone is 1. The smallest absolute Gasteiger partial charge is 0.342 e. The summed E-state index contributed by atoms with van der Waals surface area (Å²) >= 11 is 5.58. The average molecular weight is 369 g/mol. The number of aromatic nitrogens is 2. The van der Waals surface area contributed by atoms with Crippen molar-refractivity contribution in [3.05, 3.63) is 29.2 Å². The van der Waals surface area contributed by atoms with Gasteiger partial charge < -0.3 is 9.30 Å². The third-order valence-corrected chi connectivity index (χ3v) is 4.55. The van der Waals surface area contributed by atoms with E-state index in [9.17, 15) is 17.7 Å². The van der Waals surface area contributed by atoms with Crippen LogP contribution in [-0.4, -0.2) is 42.2 Å². The Morgan fingerprint density at radius 1 is 1.39 bits per heavy atom. The highest BCUT2D eigenvalue weighted by Crippen LogP contribution is 2.41. The topological polar surface area (TPSA) is 67.7 Å². The molecule has 6 nitrogen and oxygen atoms in total. The van der Waals surface area contributed by atoms with Gasteiger partial charge in [-0.3, -0.25) is 4.90 Å². The van der Waals surface area contributed by atoms with Gasteiger partial charge in [0, 0.05) is 19.5 Å². The number of aliphatic imine (C=N–C) groups is 1.